The van der Waals surface area contributed by atoms with Crippen molar-refractivity contribution in [2.24, 2.45) is 10.3 Å². The highest BCUT2D eigenvalue weighted by molar-refractivity contribution is 7.85. The Morgan fingerprint density at radius 1 is 1.40 bits per heavy atom. The van der Waals surface area contributed by atoms with Crippen LogP contribution in [0.25, 0.3) is 0 Å². The van der Waals surface area contributed by atoms with E-state index in [9.17, 15) is 4.21 Å². The molecule has 0 aliphatic heterocycles. The van der Waals surface area contributed by atoms with Crippen molar-refractivity contribution in [1.29, 1.82) is 0 Å². The summed E-state index contributed by atoms with van der Waals surface area (Å²) in [4.78, 5) is 0. The molecular formula is C12H25NOS. The summed E-state index contributed by atoms with van der Waals surface area (Å²) in [7, 11) is -1.10. The van der Waals surface area contributed by atoms with Crippen molar-refractivity contribution < 1.29 is 4.21 Å². The third-order valence-corrected chi connectivity index (χ3v) is 3.98. The Balaban J connectivity index is 4.16. The van der Waals surface area contributed by atoms with E-state index in [1.165, 1.54) is 6.42 Å². The van der Waals surface area contributed by atoms with Gasteiger partial charge >= 0.3 is 0 Å². The van der Waals surface area contributed by atoms with Gasteiger partial charge in [-0.05, 0) is 46.5 Å². The Morgan fingerprint density at radius 2 is 1.93 bits per heavy atom. The van der Waals surface area contributed by atoms with Gasteiger partial charge in [-0.3, -0.25) is 0 Å². The van der Waals surface area contributed by atoms with E-state index < -0.39 is 11.0 Å². The fourth-order valence-corrected chi connectivity index (χ4v) is 1.63. The second-order valence-corrected chi connectivity index (χ2v) is 7.15. The van der Waals surface area contributed by atoms with Gasteiger partial charge in [-0.15, -0.1) is 0 Å². The van der Waals surface area contributed by atoms with Crippen LogP contribution in [0.15, 0.2) is 4.40 Å². The van der Waals surface area contributed by atoms with Gasteiger partial charge in [0.2, 0.25) is 0 Å². The molecule has 1 unspecified atom stereocenters. The minimum Gasteiger partial charge on any atom is -0.234 e. The van der Waals surface area contributed by atoms with Gasteiger partial charge in [0.05, 0.1) is 4.75 Å². The second kappa shape index (κ2) is 6.41. The first-order chi connectivity index (χ1) is 6.77. The summed E-state index contributed by atoms with van der Waals surface area (Å²) >= 11 is 0. The minimum atomic E-state index is -1.10. The van der Waals surface area contributed by atoms with E-state index in [0.29, 0.717) is 0 Å². The number of hydrogen-bond donors (Lipinski definition) is 0. The summed E-state index contributed by atoms with van der Waals surface area (Å²) in [6, 6.07) is 0. The highest BCUT2D eigenvalue weighted by atomic mass is 32.2. The monoisotopic (exact) mass is 231 g/mol. The van der Waals surface area contributed by atoms with E-state index in [4.69, 9.17) is 0 Å². The summed E-state index contributed by atoms with van der Waals surface area (Å²) in [6.45, 7) is 12.3. The summed E-state index contributed by atoms with van der Waals surface area (Å²) in [5, 5.41) is 0. The molecule has 0 N–H and O–H groups in total. The molecule has 0 saturated heterocycles. The van der Waals surface area contributed by atoms with Crippen molar-refractivity contribution in [2.45, 2.75) is 65.6 Å². The fraction of sp³-hybridized carbons (Fsp3) is 0.917. The molecule has 0 aromatic carbocycles. The van der Waals surface area contributed by atoms with Crippen LogP contribution in [0.2, 0.25) is 0 Å². The predicted molar refractivity (Wildman–Crippen MR) is 69.7 cm³/mol. The van der Waals surface area contributed by atoms with Crippen molar-refractivity contribution in [3.8, 4) is 0 Å². The Hall–Kier alpha value is -0.180. The molecule has 0 bridgehead atoms. The summed E-state index contributed by atoms with van der Waals surface area (Å²) in [6.07, 6.45) is 3.32. The topological polar surface area (TPSA) is 29.4 Å². The molecule has 2 atom stereocenters. The highest BCUT2D eigenvalue weighted by Crippen LogP contribution is 2.14. The largest absolute Gasteiger partial charge is 0.234 e. The molecule has 0 saturated carbocycles. The molecule has 3 heteroatoms. The van der Waals surface area contributed by atoms with E-state index in [0.717, 1.165) is 24.5 Å². The highest BCUT2D eigenvalue weighted by Gasteiger charge is 2.18. The van der Waals surface area contributed by atoms with E-state index in [-0.39, 0.29) is 4.75 Å². The minimum absolute atomic E-state index is 0.238. The molecule has 90 valence electrons. The summed E-state index contributed by atoms with van der Waals surface area (Å²) in [5.74, 6) is 0.734. The first kappa shape index (κ1) is 14.8. The van der Waals surface area contributed by atoms with E-state index >= 15 is 0 Å². The van der Waals surface area contributed by atoms with E-state index in [2.05, 4.69) is 18.2 Å². The molecule has 15 heavy (non-hydrogen) atoms. The third kappa shape index (κ3) is 6.82. The van der Waals surface area contributed by atoms with Gasteiger partial charge in [0.15, 0.2) is 0 Å². The van der Waals surface area contributed by atoms with Gasteiger partial charge in [-0.1, -0.05) is 20.3 Å². The molecule has 0 amide bonds. The van der Waals surface area contributed by atoms with Crippen LogP contribution in [-0.2, 0) is 11.0 Å². The Kier molecular flexibility index (Phi) is 6.34. The molecule has 0 radical (unpaired) electrons. The van der Waals surface area contributed by atoms with Crippen molar-refractivity contribution in [2.75, 3.05) is 0 Å². The zero-order valence-electron chi connectivity index (χ0n) is 11.0. The molecular weight excluding hydrogens is 206 g/mol. The number of rotatable bonds is 5. The van der Waals surface area contributed by atoms with Crippen molar-refractivity contribution in [3.05, 3.63) is 0 Å². The Morgan fingerprint density at radius 3 is 2.33 bits per heavy atom. The molecule has 2 nitrogen and oxygen atoms in total. The number of hydrogen-bond acceptors (Lipinski definition) is 1. The second-order valence-electron chi connectivity index (χ2n) is 5.24. The maximum absolute atomic E-state index is 11.7. The van der Waals surface area contributed by atoms with Crippen LogP contribution >= 0.6 is 0 Å². The molecule has 0 aromatic heterocycles. The smallest absolute Gasteiger partial charge is 0.144 e. The van der Waals surface area contributed by atoms with Crippen LogP contribution in [0, 0.1) is 5.92 Å². The maximum atomic E-state index is 11.7. The average molecular weight is 231 g/mol. The van der Waals surface area contributed by atoms with Crippen LogP contribution in [0.4, 0.5) is 0 Å². The molecule has 0 aromatic rings. The normalized spacial score (nSPS) is 17.6. The van der Waals surface area contributed by atoms with Crippen LogP contribution in [-0.4, -0.2) is 14.7 Å². The molecule has 0 heterocycles. The zero-order chi connectivity index (χ0) is 12.1. The van der Waals surface area contributed by atoms with Crippen LogP contribution in [0.5, 0.6) is 0 Å². The van der Waals surface area contributed by atoms with Crippen LogP contribution < -0.4 is 0 Å². The lowest BCUT2D eigenvalue weighted by Gasteiger charge is -2.14. The van der Waals surface area contributed by atoms with Gasteiger partial charge in [0.1, 0.15) is 11.0 Å². The van der Waals surface area contributed by atoms with Gasteiger partial charge in [-0.2, -0.15) is 4.40 Å². The molecule has 0 rings (SSSR count). The summed E-state index contributed by atoms with van der Waals surface area (Å²) in [5.41, 5.74) is 1.02. The van der Waals surface area contributed by atoms with Crippen molar-refractivity contribution in [3.63, 3.8) is 0 Å². The third-order valence-electron chi connectivity index (χ3n) is 2.46. The van der Waals surface area contributed by atoms with Gasteiger partial charge in [0, 0.05) is 5.71 Å². The van der Waals surface area contributed by atoms with Gasteiger partial charge in [0.25, 0.3) is 0 Å². The molecule has 0 aliphatic rings. The molecule has 0 aliphatic carbocycles. The van der Waals surface area contributed by atoms with E-state index in [1.54, 1.807) is 0 Å². The molecule has 0 spiro atoms. The van der Waals surface area contributed by atoms with Crippen LogP contribution in [0.3, 0.4) is 0 Å². The van der Waals surface area contributed by atoms with Crippen molar-refractivity contribution in [1.82, 2.24) is 0 Å². The SMILES string of the molecule is CC[C@@H](C)CC/C(C)=N/S(=O)C(C)(C)C. The first-order valence-corrected chi connectivity index (χ1v) is 6.84. The lowest BCUT2D eigenvalue weighted by Crippen LogP contribution is -2.20. The standard InChI is InChI=1S/C12H25NOS/c1-7-10(2)8-9-11(3)13-15(14)12(4,5)6/h10H,7-9H2,1-6H3/b13-11+/t10-,15?/m1/s1. The molecule has 0 fully saturated rings. The Labute approximate surface area is 97.2 Å². The van der Waals surface area contributed by atoms with Gasteiger partial charge in [-0.25, -0.2) is 4.21 Å². The lowest BCUT2D eigenvalue weighted by atomic mass is 10.0. The number of nitrogens with zero attached hydrogens (tertiary/aromatic N) is 1. The fourth-order valence-electron chi connectivity index (χ4n) is 0.984. The van der Waals surface area contributed by atoms with Crippen molar-refractivity contribution >= 4 is 16.7 Å². The zero-order valence-corrected chi connectivity index (χ0v) is 11.8. The summed E-state index contributed by atoms with van der Waals surface area (Å²) < 4.78 is 15.7. The quantitative estimate of drug-likeness (QED) is 0.663. The maximum Gasteiger partial charge on any atom is 0.144 e. The van der Waals surface area contributed by atoms with Gasteiger partial charge < -0.3 is 0 Å². The first-order valence-electron chi connectivity index (χ1n) is 5.73. The van der Waals surface area contributed by atoms with E-state index in [1.807, 2.05) is 27.7 Å². The lowest BCUT2D eigenvalue weighted by molar-refractivity contribution is 0.528. The Bertz CT molecular complexity index is 240. The average Bonchev–Trinajstić information content (AvgIpc) is 2.12. The predicted octanol–water partition coefficient (Wildman–Crippen LogP) is 3.74. The van der Waals surface area contributed by atoms with Crippen LogP contribution in [0.1, 0.15) is 60.8 Å².